The topological polar surface area (TPSA) is 90.0 Å². The molecule has 1 fully saturated rings. The molecule has 0 bridgehead atoms. The van der Waals surface area contributed by atoms with Gasteiger partial charge in [0.05, 0.1) is 32.6 Å². The van der Waals surface area contributed by atoms with Crippen LogP contribution in [0.4, 0.5) is 5.13 Å². The monoisotopic (exact) mass is 529 g/mol. The van der Waals surface area contributed by atoms with E-state index in [0.717, 1.165) is 29.0 Å². The van der Waals surface area contributed by atoms with E-state index in [1.54, 1.807) is 20.2 Å². The number of ether oxygens (including phenoxy) is 3. The molecule has 1 atom stereocenters. The van der Waals surface area contributed by atoms with E-state index in [4.69, 9.17) is 14.2 Å². The maximum Gasteiger partial charge on any atom is 0.245 e. The van der Waals surface area contributed by atoms with Crippen molar-refractivity contribution in [3.8, 4) is 0 Å². The summed E-state index contributed by atoms with van der Waals surface area (Å²) in [5.74, 6) is 1.03. The SMILES string of the molecule is C=C/C=C(/C)c1csc(NC(=O)CN(C)C(=O)CCC2=CC(OC3CCOC3)=C(OC)CC=C2)n1.CC. The minimum atomic E-state index is -0.289. The highest BCUT2D eigenvalue weighted by molar-refractivity contribution is 7.14. The number of hydrogen-bond acceptors (Lipinski definition) is 7. The van der Waals surface area contributed by atoms with E-state index in [1.807, 2.05) is 50.5 Å². The number of rotatable bonds is 11. The average Bonchev–Trinajstić information content (AvgIpc) is 3.53. The quantitative estimate of drug-likeness (QED) is 0.382. The molecule has 37 heavy (non-hydrogen) atoms. The van der Waals surface area contributed by atoms with E-state index < -0.39 is 0 Å². The molecular formula is C28H39N3O5S. The number of amides is 2. The molecule has 8 nitrogen and oxygen atoms in total. The highest BCUT2D eigenvalue weighted by Crippen LogP contribution is 2.25. The van der Waals surface area contributed by atoms with Crippen LogP contribution in [0.25, 0.3) is 5.57 Å². The first-order valence-corrected chi connectivity index (χ1v) is 13.4. The van der Waals surface area contributed by atoms with Gasteiger partial charge in [0, 0.05) is 31.7 Å². The molecule has 202 valence electrons. The fraction of sp³-hybridized carbons (Fsp3) is 0.464. The van der Waals surface area contributed by atoms with E-state index in [0.29, 0.717) is 36.9 Å². The lowest BCUT2D eigenvalue weighted by Crippen LogP contribution is -2.34. The van der Waals surface area contributed by atoms with Crippen molar-refractivity contribution in [3.05, 3.63) is 65.1 Å². The molecule has 2 heterocycles. The normalized spacial score (nSPS) is 17.3. The Morgan fingerprint density at radius 1 is 1.38 bits per heavy atom. The van der Waals surface area contributed by atoms with Crippen LogP contribution in [-0.2, 0) is 23.8 Å². The standard InChI is InChI=1S/C26H33N3O5S.C2H6/c1-5-7-18(2)21-17-35-26(27-21)28-24(30)15-29(3)25(31)11-10-19-8-6-9-22(32-4)23(14-19)34-20-12-13-33-16-20;1-2/h5-8,14,17,20H,1,9-13,15-16H2,2-4H3,(H,27,28,30);1-2H3/b18-7-;. The fourth-order valence-electron chi connectivity index (χ4n) is 3.62. The van der Waals surface area contributed by atoms with E-state index in [-0.39, 0.29) is 30.9 Å². The van der Waals surface area contributed by atoms with Crippen LogP contribution in [0.1, 0.15) is 52.1 Å². The summed E-state index contributed by atoms with van der Waals surface area (Å²) in [5, 5.41) is 5.13. The lowest BCUT2D eigenvalue weighted by atomic mass is 10.1. The second-order valence-electron chi connectivity index (χ2n) is 8.34. The van der Waals surface area contributed by atoms with E-state index >= 15 is 0 Å². The molecule has 0 aromatic carbocycles. The molecule has 2 aliphatic rings. The maximum atomic E-state index is 12.7. The predicted molar refractivity (Wildman–Crippen MR) is 149 cm³/mol. The van der Waals surface area contributed by atoms with Crippen molar-refractivity contribution in [1.29, 1.82) is 0 Å². The average molecular weight is 530 g/mol. The highest BCUT2D eigenvalue weighted by Gasteiger charge is 2.21. The van der Waals surface area contributed by atoms with Gasteiger partial charge in [-0.3, -0.25) is 9.59 Å². The second-order valence-corrected chi connectivity index (χ2v) is 9.20. The van der Waals surface area contributed by atoms with Crippen LogP contribution in [0, 0.1) is 0 Å². The Balaban J connectivity index is 0.00000235. The number of methoxy groups -OCH3 is 1. The minimum absolute atomic E-state index is 0.00728. The number of carbonyl (C=O) groups is 2. The van der Waals surface area contributed by atoms with Crippen molar-refractivity contribution in [1.82, 2.24) is 9.88 Å². The van der Waals surface area contributed by atoms with Crippen molar-refractivity contribution in [2.75, 3.05) is 39.2 Å². The summed E-state index contributed by atoms with van der Waals surface area (Å²) in [7, 11) is 3.26. The van der Waals surface area contributed by atoms with Crippen molar-refractivity contribution in [2.45, 2.75) is 52.6 Å². The summed E-state index contributed by atoms with van der Waals surface area (Å²) in [6.45, 7) is 10.8. The Bertz CT molecular complexity index is 1050. The Morgan fingerprint density at radius 3 is 2.84 bits per heavy atom. The van der Waals surface area contributed by atoms with Crippen LogP contribution in [-0.4, -0.2) is 61.7 Å². The third-order valence-electron chi connectivity index (χ3n) is 5.61. The largest absolute Gasteiger partial charge is 0.497 e. The summed E-state index contributed by atoms with van der Waals surface area (Å²) in [4.78, 5) is 30.9. The van der Waals surface area contributed by atoms with Crippen LogP contribution < -0.4 is 5.32 Å². The molecule has 0 spiro atoms. The van der Waals surface area contributed by atoms with Gasteiger partial charge in [-0.15, -0.1) is 11.3 Å². The van der Waals surface area contributed by atoms with Gasteiger partial charge in [-0.2, -0.15) is 0 Å². The molecule has 0 saturated carbocycles. The van der Waals surface area contributed by atoms with E-state index in [2.05, 4.69) is 16.9 Å². The first-order chi connectivity index (χ1) is 17.9. The molecule has 1 aromatic heterocycles. The lowest BCUT2D eigenvalue weighted by Gasteiger charge is -2.17. The van der Waals surface area contributed by atoms with E-state index in [9.17, 15) is 9.59 Å². The zero-order valence-electron chi connectivity index (χ0n) is 22.5. The Hall–Kier alpha value is -3.17. The van der Waals surface area contributed by atoms with Gasteiger partial charge in [-0.1, -0.05) is 44.7 Å². The molecule has 1 aromatic rings. The van der Waals surface area contributed by atoms with Crippen molar-refractivity contribution in [3.63, 3.8) is 0 Å². The fourth-order valence-corrected chi connectivity index (χ4v) is 4.40. The van der Waals surface area contributed by atoms with E-state index in [1.165, 1.54) is 16.2 Å². The van der Waals surface area contributed by atoms with Crippen LogP contribution in [0.2, 0.25) is 0 Å². The smallest absolute Gasteiger partial charge is 0.245 e. The van der Waals surface area contributed by atoms with Crippen molar-refractivity contribution in [2.24, 2.45) is 0 Å². The summed E-state index contributed by atoms with van der Waals surface area (Å²) in [5.41, 5.74) is 2.72. The lowest BCUT2D eigenvalue weighted by molar-refractivity contribution is -0.133. The summed E-state index contributed by atoms with van der Waals surface area (Å²) in [6, 6.07) is 0. The molecular weight excluding hydrogens is 490 g/mol. The molecule has 2 amide bonds. The molecule has 3 rings (SSSR count). The van der Waals surface area contributed by atoms with Gasteiger partial charge in [-0.05, 0) is 30.6 Å². The highest BCUT2D eigenvalue weighted by atomic mass is 32.1. The summed E-state index contributed by atoms with van der Waals surface area (Å²) in [6.07, 6.45) is 11.7. The number of nitrogens with one attached hydrogen (secondary N) is 1. The van der Waals surface area contributed by atoms with Crippen molar-refractivity contribution >= 4 is 33.9 Å². The maximum absolute atomic E-state index is 12.7. The Labute approximate surface area is 224 Å². The first-order valence-electron chi connectivity index (χ1n) is 12.6. The van der Waals surface area contributed by atoms with Crippen LogP contribution in [0.3, 0.4) is 0 Å². The van der Waals surface area contributed by atoms with Crippen LogP contribution in [0.5, 0.6) is 0 Å². The predicted octanol–water partition coefficient (Wildman–Crippen LogP) is 5.49. The molecule has 1 N–H and O–H groups in total. The van der Waals surface area contributed by atoms with Gasteiger partial charge in [0.1, 0.15) is 11.9 Å². The molecule has 1 saturated heterocycles. The van der Waals surface area contributed by atoms with Gasteiger partial charge in [0.15, 0.2) is 10.9 Å². The van der Waals surface area contributed by atoms with Gasteiger partial charge in [0.2, 0.25) is 11.8 Å². The number of likely N-dealkylation sites (N-methyl/N-ethyl adjacent to an activating group) is 1. The summed E-state index contributed by atoms with van der Waals surface area (Å²) < 4.78 is 17.0. The zero-order valence-corrected chi connectivity index (χ0v) is 23.4. The van der Waals surface area contributed by atoms with Gasteiger partial charge in [0.25, 0.3) is 0 Å². The molecule has 9 heteroatoms. The number of nitrogens with zero attached hydrogens (tertiary/aromatic N) is 2. The number of carbonyl (C=O) groups excluding carboxylic acids is 2. The minimum Gasteiger partial charge on any atom is -0.497 e. The number of thiazole rings is 1. The van der Waals surface area contributed by atoms with Crippen LogP contribution in [0.15, 0.2) is 59.4 Å². The number of aromatic nitrogens is 1. The van der Waals surface area contributed by atoms with Gasteiger partial charge in [-0.25, -0.2) is 4.98 Å². The first kappa shape index (κ1) is 30.1. The third-order valence-corrected chi connectivity index (χ3v) is 6.37. The number of hydrogen-bond donors (Lipinski definition) is 1. The Kier molecular flexibility index (Phi) is 12.9. The van der Waals surface area contributed by atoms with Gasteiger partial charge < -0.3 is 24.4 Å². The second kappa shape index (κ2) is 15.8. The van der Waals surface area contributed by atoms with Gasteiger partial charge >= 0.3 is 0 Å². The number of anilines is 1. The molecule has 1 unspecified atom stereocenters. The zero-order chi connectivity index (χ0) is 27.2. The Morgan fingerprint density at radius 2 is 2.16 bits per heavy atom. The third kappa shape index (κ3) is 9.66. The molecule has 0 radical (unpaired) electrons. The number of allylic oxidation sites excluding steroid dienone is 7. The molecule has 1 aliphatic heterocycles. The van der Waals surface area contributed by atoms with Crippen LogP contribution >= 0.6 is 11.3 Å². The molecule has 1 aliphatic carbocycles. The van der Waals surface area contributed by atoms with Crippen molar-refractivity contribution < 1.29 is 23.8 Å². The summed E-state index contributed by atoms with van der Waals surface area (Å²) >= 11 is 1.34.